The van der Waals surface area contributed by atoms with Crippen LogP contribution in [0.25, 0.3) is 0 Å². The summed E-state index contributed by atoms with van der Waals surface area (Å²) < 4.78 is 25.3. The Morgan fingerprint density at radius 2 is 1.25 bits per heavy atom. The zero-order chi connectivity index (χ0) is 11.6. The van der Waals surface area contributed by atoms with Crippen molar-refractivity contribution in [3.05, 3.63) is 58.2 Å². The van der Waals surface area contributed by atoms with Crippen LogP contribution in [0.4, 0.5) is 0 Å². The van der Waals surface area contributed by atoms with E-state index in [9.17, 15) is 8.42 Å². The number of benzene rings is 2. The van der Waals surface area contributed by atoms with Crippen LogP contribution in [-0.4, -0.2) is 8.42 Å². The Morgan fingerprint density at radius 1 is 0.750 bits per heavy atom. The van der Waals surface area contributed by atoms with Gasteiger partial charge in [-0.15, -0.1) is 0 Å². The second kappa shape index (κ2) is 4.55. The van der Waals surface area contributed by atoms with E-state index in [0.717, 1.165) is 3.57 Å². The quantitative estimate of drug-likeness (QED) is 0.785. The van der Waals surface area contributed by atoms with Crippen LogP contribution in [0.3, 0.4) is 0 Å². The van der Waals surface area contributed by atoms with E-state index in [1.807, 2.05) is 0 Å². The maximum absolute atomic E-state index is 12.1. The van der Waals surface area contributed by atoms with Gasteiger partial charge in [0.2, 0.25) is 9.84 Å². The minimum absolute atomic E-state index is 0.330. The molecule has 0 aliphatic rings. The molecule has 0 aromatic heterocycles. The smallest absolute Gasteiger partial charge is 0.206 e. The minimum Gasteiger partial charge on any atom is -0.219 e. The van der Waals surface area contributed by atoms with Gasteiger partial charge in [-0.3, -0.25) is 0 Å². The van der Waals surface area contributed by atoms with E-state index in [0.29, 0.717) is 9.79 Å². The Kier molecular flexibility index (Phi) is 3.30. The lowest BCUT2D eigenvalue weighted by Gasteiger charge is -2.03. The maximum atomic E-state index is 12.1. The van der Waals surface area contributed by atoms with E-state index in [-0.39, 0.29) is 0 Å². The highest BCUT2D eigenvalue weighted by Crippen LogP contribution is 2.20. The van der Waals surface area contributed by atoms with Gasteiger partial charge in [-0.25, -0.2) is 8.42 Å². The third-order valence-electron chi connectivity index (χ3n) is 2.18. The van der Waals surface area contributed by atoms with Gasteiger partial charge in [0.1, 0.15) is 0 Å². The minimum atomic E-state index is -3.36. The highest BCUT2D eigenvalue weighted by molar-refractivity contribution is 14.1. The van der Waals surface area contributed by atoms with Crippen molar-refractivity contribution in [3.63, 3.8) is 0 Å². The first-order valence-electron chi connectivity index (χ1n) is 4.66. The van der Waals surface area contributed by atoms with E-state index in [1.54, 1.807) is 54.6 Å². The Hall–Kier alpha value is -0.880. The summed E-state index contributed by atoms with van der Waals surface area (Å²) in [6, 6.07) is 15.3. The Bertz CT molecular complexity index is 574. The van der Waals surface area contributed by atoms with Crippen molar-refractivity contribution in [3.8, 4) is 0 Å². The van der Waals surface area contributed by atoms with Crippen molar-refractivity contribution in [2.24, 2.45) is 0 Å². The molecule has 2 aromatic rings. The molecule has 0 unspecified atom stereocenters. The van der Waals surface area contributed by atoms with Gasteiger partial charge in [-0.2, -0.15) is 0 Å². The summed E-state index contributed by atoms with van der Waals surface area (Å²) in [6.45, 7) is 0. The van der Waals surface area contributed by atoms with E-state index in [2.05, 4.69) is 22.6 Å². The molecule has 2 aromatic carbocycles. The molecule has 0 spiro atoms. The Labute approximate surface area is 108 Å². The predicted octanol–water partition coefficient (Wildman–Crippen LogP) is 3.12. The average Bonchev–Trinajstić information content (AvgIpc) is 2.31. The summed E-state index contributed by atoms with van der Waals surface area (Å²) in [5, 5.41) is 0. The first-order valence-corrected chi connectivity index (χ1v) is 7.22. The molecule has 82 valence electrons. The van der Waals surface area contributed by atoms with Crippen LogP contribution >= 0.6 is 22.6 Å². The maximum Gasteiger partial charge on any atom is 0.206 e. The average molecular weight is 344 g/mol. The van der Waals surface area contributed by atoms with Crippen LogP contribution in [0, 0.1) is 3.57 Å². The zero-order valence-electron chi connectivity index (χ0n) is 8.30. The lowest BCUT2D eigenvalue weighted by atomic mass is 10.4. The van der Waals surface area contributed by atoms with Crippen LogP contribution in [-0.2, 0) is 9.84 Å². The van der Waals surface area contributed by atoms with Gasteiger partial charge in [-0.05, 0) is 59.0 Å². The van der Waals surface area contributed by atoms with Crippen molar-refractivity contribution < 1.29 is 8.42 Å². The third kappa shape index (κ3) is 2.27. The fraction of sp³-hybridized carbons (Fsp3) is 0. The van der Waals surface area contributed by atoms with Crippen LogP contribution < -0.4 is 0 Å². The summed E-state index contributed by atoms with van der Waals surface area (Å²) >= 11 is 2.14. The van der Waals surface area contributed by atoms with Crippen molar-refractivity contribution in [2.45, 2.75) is 9.79 Å². The molecule has 0 heterocycles. The summed E-state index contributed by atoms with van der Waals surface area (Å²) in [7, 11) is -3.36. The SMILES string of the molecule is O=S(=O)(c1ccccc1)c1ccc(I)cc1. The molecular formula is C12H9IO2S. The highest BCUT2D eigenvalue weighted by Gasteiger charge is 2.16. The van der Waals surface area contributed by atoms with Crippen LogP contribution in [0.2, 0.25) is 0 Å². The fourth-order valence-corrected chi connectivity index (χ4v) is 2.99. The lowest BCUT2D eigenvalue weighted by Crippen LogP contribution is -2.01. The molecule has 0 saturated heterocycles. The normalized spacial score (nSPS) is 11.3. The monoisotopic (exact) mass is 344 g/mol. The van der Waals surface area contributed by atoms with Gasteiger partial charge < -0.3 is 0 Å². The molecular weight excluding hydrogens is 335 g/mol. The van der Waals surface area contributed by atoms with Crippen molar-refractivity contribution >= 4 is 32.4 Å². The zero-order valence-corrected chi connectivity index (χ0v) is 11.3. The molecule has 0 radical (unpaired) electrons. The topological polar surface area (TPSA) is 34.1 Å². The van der Waals surface area contributed by atoms with Gasteiger partial charge in [0.15, 0.2) is 0 Å². The molecule has 0 aliphatic heterocycles. The van der Waals surface area contributed by atoms with Gasteiger partial charge in [0.25, 0.3) is 0 Å². The fourth-order valence-electron chi connectivity index (χ4n) is 1.35. The number of hydrogen-bond acceptors (Lipinski definition) is 2. The van der Waals surface area contributed by atoms with Crippen molar-refractivity contribution in [2.75, 3.05) is 0 Å². The molecule has 4 heteroatoms. The number of hydrogen-bond donors (Lipinski definition) is 0. The van der Waals surface area contributed by atoms with Crippen LogP contribution in [0.15, 0.2) is 64.4 Å². The molecule has 0 bridgehead atoms. The van der Waals surface area contributed by atoms with E-state index >= 15 is 0 Å². The van der Waals surface area contributed by atoms with Gasteiger partial charge >= 0.3 is 0 Å². The molecule has 0 amide bonds. The van der Waals surface area contributed by atoms with Gasteiger partial charge in [0.05, 0.1) is 9.79 Å². The molecule has 0 N–H and O–H groups in total. The predicted molar refractivity (Wildman–Crippen MR) is 71.1 cm³/mol. The van der Waals surface area contributed by atoms with E-state index < -0.39 is 9.84 Å². The summed E-state index contributed by atoms with van der Waals surface area (Å²) in [5.74, 6) is 0. The van der Waals surface area contributed by atoms with Crippen LogP contribution in [0.5, 0.6) is 0 Å². The summed E-state index contributed by atoms with van der Waals surface area (Å²) in [4.78, 5) is 0.662. The summed E-state index contributed by atoms with van der Waals surface area (Å²) in [5.41, 5.74) is 0. The first kappa shape index (κ1) is 11.6. The second-order valence-electron chi connectivity index (χ2n) is 3.27. The molecule has 2 nitrogen and oxygen atoms in total. The molecule has 0 fully saturated rings. The lowest BCUT2D eigenvalue weighted by molar-refractivity contribution is 0.596. The largest absolute Gasteiger partial charge is 0.219 e. The first-order chi connectivity index (χ1) is 7.60. The third-order valence-corrected chi connectivity index (χ3v) is 4.68. The van der Waals surface area contributed by atoms with Crippen LogP contribution in [0.1, 0.15) is 0 Å². The van der Waals surface area contributed by atoms with E-state index in [1.165, 1.54) is 0 Å². The second-order valence-corrected chi connectivity index (χ2v) is 6.47. The van der Waals surface area contributed by atoms with Crippen molar-refractivity contribution in [1.29, 1.82) is 0 Å². The molecule has 16 heavy (non-hydrogen) atoms. The molecule has 2 rings (SSSR count). The Balaban J connectivity index is 2.52. The molecule has 0 aliphatic carbocycles. The Morgan fingerprint density at radius 3 is 1.81 bits per heavy atom. The molecule has 0 saturated carbocycles. The van der Waals surface area contributed by atoms with Gasteiger partial charge in [-0.1, -0.05) is 18.2 Å². The number of halogens is 1. The standard InChI is InChI=1S/C12H9IO2S/c13-10-6-8-12(9-7-10)16(14,15)11-4-2-1-3-5-11/h1-9H. The highest BCUT2D eigenvalue weighted by atomic mass is 127. The number of rotatable bonds is 2. The number of sulfone groups is 1. The molecule has 0 atom stereocenters. The van der Waals surface area contributed by atoms with Crippen molar-refractivity contribution in [1.82, 2.24) is 0 Å². The van der Waals surface area contributed by atoms with Gasteiger partial charge in [0, 0.05) is 3.57 Å². The summed E-state index contributed by atoms with van der Waals surface area (Å²) in [6.07, 6.45) is 0. The van der Waals surface area contributed by atoms with E-state index in [4.69, 9.17) is 0 Å².